The first kappa shape index (κ1) is 20.5. The van der Waals surface area contributed by atoms with Crippen molar-refractivity contribution in [2.45, 2.75) is 110 Å². The number of nitrogens with zero attached hydrogens (tertiary/aromatic N) is 1. The monoisotopic (exact) mass is 297 g/mol. The van der Waals surface area contributed by atoms with E-state index in [0.29, 0.717) is 12.3 Å². The lowest BCUT2D eigenvalue weighted by Gasteiger charge is -2.32. The minimum absolute atomic E-state index is 0.0468. The van der Waals surface area contributed by atoms with Gasteiger partial charge in [0.25, 0.3) is 0 Å². The highest BCUT2D eigenvalue weighted by molar-refractivity contribution is 5.76. The summed E-state index contributed by atoms with van der Waals surface area (Å²) in [6, 6.07) is 0. The maximum Gasteiger partial charge on any atom is 0.222 e. The van der Waals surface area contributed by atoms with E-state index < -0.39 is 0 Å². The van der Waals surface area contributed by atoms with Gasteiger partial charge in [-0.3, -0.25) is 4.79 Å². The summed E-state index contributed by atoms with van der Waals surface area (Å²) < 4.78 is 0. The average Bonchev–Trinajstić information content (AvgIpc) is 2.42. The number of amides is 1. The minimum atomic E-state index is -0.0468. The van der Waals surface area contributed by atoms with Crippen molar-refractivity contribution in [2.75, 3.05) is 7.05 Å². The van der Waals surface area contributed by atoms with E-state index in [4.69, 9.17) is 0 Å². The molecule has 0 aliphatic carbocycles. The van der Waals surface area contributed by atoms with Crippen LogP contribution in [0.15, 0.2) is 0 Å². The van der Waals surface area contributed by atoms with Crippen molar-refractivity contribution in [2.24, 2.45) is 0 Å². The van der Waals surface area contributed by atoms with E-state index in [1.54, 1.807) is 0 Å². The van der Waals surface area contributed by atoms with Gasteiger partial charge in [0.1, 0.15) is 0 Å². The van der Waals surface area contributed by atoms with Gasteiger partial charge in [-0.05, 0) is 27.2 Å². The van der Waals surface area contributed by atoms with Crippen LogP contribution in [0.5, 0.6) is 0 Å². The molecule has 2 nitrogen and oxygen atoms in total. The lowest BCUT2D eigenvalue weighted by molar-refractivity contribution is -0.134. The summed E-state index contributed by atoms with van der Waals surface area (Å²) in [5, 5.41) is 0. The molecular weight excluding hydrogens is 258 g/mol. The van der Waals surface area contributed by atoms with Crippen LogP contribution in [0.2, 0.25) is 0 Å². The highest BCUT2D eigenvalue weighted by Gasteiger charge is 2.21. The van der Waals surface area contributed by atoms with Crippen LogP contribution in [-0.2, 0) is 4.79 Å². The molecule has 0 aromatic carbocycles. The zero-order valence-corrected chi connectivity index (χ0v) is 15.3. The number of carbonyl (C=O) groups is 1. The fourth-order valence-corrected chi connectivity index (χ4v) is 2.48. The molecule has 0 rings (SSSR count). The summed E-state index contributed by atoms with van der Waals surface area (Å²) in [7, 11) is 1.92. The maximum atomic E-state index is 12.0. The molecular formula is C19H39NO. The fraction of sp³-hybridized carbons (Fsp3) is 0.947. The molecule has 0 heterocycles. The van der Waals surface area contributed by atoms with Crippen LogP contribution in [0.1, 0.15) is 105 Å². The average molecular weight is 298 g/mol. The highest BCUT2D eigenvalue weighted by atomic mass is 16.2. The van der Waals surface area contributed by atoms with Gasteiger partial charge in [0.15, 0.2) is 0 Å². The molecule has 0 fully saturated rings. The summed E-state index contributed by atoms with van der Waals surface area (Å²) in [6.07, 6.45) is 15.4. The topological polar surface area (TPSA) is 20.3 Å². The largest absolute Gasteiger partial charge is 0.341 e. The van der Waals surface area contributed by atoms with E-state index >= 15 is 0 Å². The first-order valence-electron chi connectivity index (χ1n) is 9.16. The second kappa shape index (κ2) is 12.1. The summed E-state index contributed by atoms with van der Waals surface area (Å²) >= 11 is 0. The Labute approximate surface area is 133 Å². The van der Waals surface area contributed by atoms with Gasteiger partial charge in [-0.15, -0.1) is 0 Å². The molecule has 0 spiro atoms. The molecule has 0 radical (unpaired) electrons. The third kappa shape index (κ3) is 11.8. The molecule has 0 atom stereocenters. The molecule has 0 unspecified atom stereocenters. The van der Waals surface area contributed by atoms with Crippen LogP contribution in [0.3, 0.4) is 0 Å². The Kier molecular flexibility index (Phi) is 11.8. The van der Waals surface area contributed by atoms with Gasteiger partial charge >= 0.3 is 0 Å². The Balaban J connectivity index is 3.35. The van der Waals surface area contributed by atoms with Gasteiger partial charge in [0.05, 0.1) is 0 Å². The van der Waals surface area contributed by atoms with Gasteiger partial charge in [-0.2, -0.15) is 0 Å². The van der Waals surface area contributed by atoms with E-state index in [9.17, 15) is 4.79 Å². The third-order valence-electron chi connectivity index (χ3n) is 4.37. The number of hydrogen-bond acceptors (Lipinski definition) is 1. The molecule has 0 aliphatic rings. The van der Waals surface area contributed by atoms with Crippen molar-refractivity contribution >= 4 is 5.91 Å². The number of unbranched alkanes of at least 4 members (excludes halogenated alkanes) is 10. The molecule has 0 aliphatic heterocycles. The second-order valence-corrected chi connectivity index (χ2v) is 7.41. The highest BCUT2D eigenvalue weighted by Crippen LogP contribution is 2.15. The summed E-state index contributed by atoms with van der Waals surface area (Å²) in [5.74, 6) is 0.290. The van der Waals surface area contributed by atoms with Gasteiger partial charge < -0.3 is 4.90 Å². The Hall–Kier alpha value is -0.530. The molecule has 1 amide bonds. The summed E-state index contributed by atoms with van der Waals surface area (Å²) in [4.78, 5) is 13.9. The van der Waals surface area contributed by atoms with Crippen molar-refractivity contribution in [3.8, 4) is 0 Å². The van der Waals surface area contributed by atoms with Gasteiger partial charge in [-0.25, -0.2) is 0 Å². The summed E-state index contributed by atoms with van der Waals surface area (Å²) in [6.45, 7) is 8.53. The SMILES string of the molecule is CCCCCCCCCCCCCC(=O)N(C)C(C)(C)C. The first-order chi connectivity index (χ1) is 9.89. The van der Waals surface area contributed by atoms with Crippen LogP contribution < -0.4 is 0 Å². The normalized spacial score (nSPS) is 11.7. The molecule has 0 saturated heterocycles. The Morgan fingerprint density at radius 3 is 1.52 bits per heavy atom. The predicted molar refractivity (Wildman–Crippen MR) is 93.6 cm³/mol. The smallest absolute Gasteiger partial charge is 0.222 e. The van der Waals surface area contributed by atoms with E-state index in [1.807, 2.05) is 11.9 Å². The molecule has 0 saturated carbocycles. The van der Waals surface area contributed by atoms with E-state index in [2.05, 4.69) is 27.7 Å². The standard InChI is InChI=1S/C19H39NO/c1-6-7-8-9-10-11-12-13-14-15-16-17-18(21)20(5)19(2,3)4/h6-17H2,1-5H3. The number of hydrogen-bond donors (Lipinski definition) is 0. The second-order valence-electron chi connectivity index (χ2n) is 7.41. The molecule has 126 valence electrons. The van der Waals surface area contributed by atoms with Gasteiger partial charge in [-0.1, -0.05) is 71.1 Å². The van der Waals surface area contributed by atoms with Crippen molar-refractivity contribution in [3.63, 3.8) is 0 Å². The van der Waals surface area contributed by atoms with Crippen molar-refractivity contribution in [3.05, 3.63) is 0 Å². The van der Waals surface area contributed by atoms with E-state index in [0.717, 1.165) is 6.42 Å². The minimum Gasteiger partial charge on any atom is -0.341 e. The molecule has 0 N–H and O–H groups in total. The lowest BCUT2D eigenvalue weighted by atomic mass is 10.0. The van der Waals surface area contributed by atoms with Crippen molar-refractivity contribution in [1.29, 1.82) is 0 Å². The molecule has 21 heavy (non-hydrogen) atoms. The number of carbonyl (C=O) groups excluding carboxylic acids is 1. The zero-order valence-electron chi connectivity index (χ0n) is 15.3. The van der Waals surface area contributed by atoms with Gasteiger partial charge in [0, 0.05) is 19.0 Å². The Bertz CT molecular complexity index is 255. The van der Waals surface area contributed by atoms with Crippen molar-refractivity contribution in [1.82, 2.24) is 4.90 Å². The predicted octanol–water partition coefficient (Wildman–Crippen LogP) is 5.94. The van der Waals surface area contributed by atoms with Crippen LogP contribution in [0, 0.1) is 0 Å². The van der Waals surface area contributed by atoms with Crippen LogP contribution in [0.4, 0.5) is 0 Å². The zero-order chi connectivity index (χ0) is 16.1. The van der Waals surface area contributed by atoms with Crippen LogP contribution >= 0.6 is 0 Å². The Morgan fingerprint density at radius 1 is 0.762 bits per heavy atom. The maximum absolute atomic E-state index is 12.0. The van der Waals surface area contributed by atoms with Crippen molar-refractivity contribution < 1.29 is 4.79 Å². The first-order valence-corrected chi connectivity index (χ1v) is 9.16. The molecule has 0 aromatic rings. The van der Waals surface area contributed by atoms with E-state index in [-0.39, 0.29) is 5.54 Å². The third-order valence-corrected chi connectivity index (χ3v) is 4.37. The fourth-order valence-electron chi connectivity index (χ4n) is 2.48. The lowest BCUT2D eigenvalue weighted by Crippen LogP contribution is -2.42. The number of rotatable bonds is 12. The molecule has 0 bridgehead atoms. The van der Waals surface area contributed by atoms with Gasteiger partial charge in [0.2, 0.25) is 5.91 Å². The van der Waals surface area contributed by atoms with Crippen LogP contribution in [0.25, 0.3) is 0 Å². The Morgan fingerprint density at radius 2 is 1.14 bits per heavy atom. The molecule has 0 aromatic heterocycles. The van der Waals surface area contributed by atoms with E-state index in [1.165, 1.54) is 64.2 Å². The quantitative estimate of drug-likeness (QED) is 0.408. The van der Waals surface area contributed by atoms with Crippen LogP contribution in [-0.4, -0.2) is 23.4 Å². The molecule has 2 heteroatoms. The summed E-state index contributed by atoms with van der Waals surface area (Å²) in [5.41, 5.74) is -0.0468.